The summed E-state index contributed by atoms with van der Waals surface area (Å²) in [6.45, 7) is 5.27. The number of nitrogens with two attached hydrogens (primary N) is 1. The molecule has 1 aromatic rings. The van der Waals surface area contributed by atoms with E-state index in [2.05, 4.69) is 39.2 Å². The molecule has 2 rings (SSSR count). The lowest BCUT2D eigenvalue weighted by molar-refractivity contribution is 0.213. The van der Waals surface area contributed by atoms with E-state index in [0.29, 0.717) is 11.9 Å². The van der Waals surface area contributed by atoms with Crippen molar-refractivity contribution in [2.24, 2.45) is 5.84 Å². The highest BCUT2D eigenvalue weighted by Crippen LogP contribution is 2.22. The average Bonchev–Trinajstić information content (AvgIpc) is 2.47. The Kier molecular flexibility index (Phi) is 4.84. The first-order valence-corrected chi connectivity index (χ1v) is 7.75. The van der Waals surface area contributed by atoms with Crippen molar-refractivity contribution >= 4 is 23.4 Å². The van der Waals surface area contributed by atoms with Crippen molar-refractivity contribution < 1.29 is 0 Å². The van der Waals surface area contributed by atoms with Crippen molar-refractivity contribution in [1.82, 2.24) is 14.9 Å². The minimum atomic E-state index is 0.579. The Balaban J connectivity index is 2.21. The normalized spacial score (nSPS) is 20.6. The van der Waals surface area contributed by atoms with E-state index in [9.17, 15) is 0 Å². The number of hydrazine groups is 1. The van der Waals surface area contributed by atoms with Crippen LogP contribution in [0.1, 0.15) is 13.3 Å². The van der Waals surface area contributed by atoms with Crippen molar-refractivity contribution in [3.8, 4) is 0 Å². The van der Waals surface area contributed by atoms with Crippen LogP contribution in [0.3, 0.4) is 0 Å². The van der Waals surface area contributed by atoms with Crippen LogP contribution < -0.4 is 16.2 Å². The van der Waals surface area contributed by atoms with Gasteiger partial charge < -0.3 is 10.3 Å². The van der Waals surface area contributed by atoms with Gasteiger partial charge in [0.25, 0.3) is 0 Å². The van der Waals surface area contributed by atoms with Crippen LogP contribution in [0.5, 0.6) is 0 Å². The molecule has 0 aliphatic carbocycles. The number of piperazine rings is 1. The summed E-state index contributed by atoms with van der Waals surface area (Å²) >= 11 is 1.53. The zero-order valence-corrected chi connectivity index (χ0v) is 12.6. The molecule has 0 bridgehead atoms. The summed E-state index contributed by atoms with van der Waals surface area (Å²) in [4.78, 5) is 13.6. The first-order chi connectivity index (χ1) is 9.17. The molecule has 1 unspecified atom stereocenters. The first kappa shape index (κ1) is 14.4. The topological polar surface area (TPSA) is 70.3 Å². The van der Waals surface area contributed by atoms with E-state index >= 15 is 0 Å². The van der Waals surface area contributed by atoms with Crippen LogP contribution >= 0.6 is 11.8 Å². The van der Waals surface area contributed by atoms with Gasteiger partial charge in [0, 0.05) is 31.7 Å². The monoisotopic (exact) mass is 282 g/mol. The number of nitrogen functional groups attached to an aromatic ring is 1. The molecule has 1 aliphatic rings. The Hall–Kier alpha value is -1.05. The van der Waals surface area contributed by atoms with Crippen molar-refractivity contribution in [2.45, 2.75) is 24.5 Å². The second-order valence-electron chi connectivity index (χ2n) is 4.73. The van der Waals surface area contributed by atoms with Crippen LogP contribution in [0.25, 0.3) is 0 Å². The first-order valence-electron chi connectivity index (χ1n) is 6.52. The number of thioether (sulfide) groups is 1. The van der Waals surface area contributed by atoms with E-state index in [0.717, 1.165) is 37.0 Å². The molecule has 6 nitrogen and oxygen atoms in total. The van der Waals surface area contributed by atoms with E-state index in [1.807, 2.05) is 12.3 Å². The third-order valence-electron chi connectivity index (χ3n) is 3.59. The van der Waals surface area contributed by atoms with Crippen LogP contribution in [0, 0.1) is 0 Å². The van der Waals surface area contributed by atoms with Crippen molar-refractivity contribution in [3.63, 3.8) is 0 Å². The van der Waals surface area contributed by atoms with Crippen molar-refractivity contribution in [2.75, 3.05) is 43.3 Å². The number of rotatable bonds is 4. The summed E-state index contributed by atoms with van der Waals surface area (Å²) in [7, 11) is 2.19. The summed E-state index contributed by atoms with van der Waals surface area (Å²) in [5, 5.41) is 0.748. The maximum Gasteiger partial charge on any atom is 0.191 e. The second kappa shape index (κ2) is 6.40. The Morgan fingerprint density at radius 1 is 1.47 bits per heavy atom. The van der Waals surface area contributed by atoms with Gasteiger partial charge >= 0.3 is 0 Å². The van der Waals surface area contributed by atoms with E-state index in [1.54, 1.807) is 0 Å². The van der Waals surface area contributed by atoms with Gasteiger partial charge in [-0.3, -0.25) is 4.90 Å². The second-order valence-corrected chi connectivity index (χ2v) is 5.50. The Morgan fingerprint density at radius 3 is 2.89 bits per heavy atom. The Morgan fingerprint density at radius 2 is 2.26 bits per heavy atom. The molecule has 19 heavy (non-hydrogen) atoms. The van der Waals surface area contributed by atoms with E-state index in [4.69, 9.17) is 5.84 Å². The van der Waals surface area contributed by atoms with E-state index < -0.39 is 0 Å². The van der Waals surface area contributed by atoms with Gasteiger partial charge in [-0.15, -0.1) is 0 Å². The van der Waals surface area contributed by atoms with E-state index in [1.165, 1.54) is 11.8 Å². The molecule has 0 saturated carbocycles. The molecule has 1 atom stereocenters. The summed E-state index contributed by atoms with van der Waals surface area (Å²) in [6.07, 6.45) is 3.12. The zero-order valence-electron chi connectivity index (χ0n) is 11.8. The molecule has 1 aliphatic heterocycles. The average molecular weight is 282 g/mol. The van der Waals surface area contributed by atoms with Gasteiger partial charge in [0.05, 0.1) is 0 Å². The third kappa shape index (κ3) is 3.29. The highest BCUT2D eigenvalue weighted by Gasteiger charge is 2.24. The Labute approximate surface area is 118 Å². The minimum absolute atomic E-state index is 0.579. The predicted molar refractivity (Wildman–Crippen MR) is 80.5 cm³/mol. The number of nitrogens with one attached hydrogen (secondary N) is 1. The smallest absolute Gasteiger partial charge is 0.191 e. The molecular weight excluding hydrogens is 260 g/mol. The van der Waals surface area contributed by atoms with Crippen LogP contribution in [-0.2, 0) is 0 Å². The number of hydrogen-bond donors (Lipinski definition) is 2. The van der Waals surface area contributed by atoms with Gasteiger partial charge in [-0.1, -0.05) is 18.7 Å². The number of hydrogen-bond acceptors (Lipinski definition) is 7. The summed E-state index contributed by atoms with van der Waals surface area (Å²) in [6, 6.07) is 2.49. The van der Waals surface area contributed by atoms with Gasteiger partial charge in [-0.05, 0) is 19.7 Å². The SMILES string of the molecule is CCC1CN(c2cc(NN)nc(SC)n2)CCN1C. The molecule has 2 heterocycles. The summed E-state index contributed by atoms with van der Waals surface area (Å²) in [5.41, 5.74) is 2.61. The highest BCUT2D eigenvalue weighted by atomic mass is 32.2. The molecule has 0 spiro atoms. The summed E-state index contributed by atoms with van der Waals surface area (Å²) < 4.78 is 0. The number of anilines is 2. The van der Waals surface area contributed by atoms with Crippen LogP contribution in [-0.4, -0.2) is 53.8 Å². The highest BCUT2D eigenvalue weighted by molar-refractivity contribution is 7.98. The number of likely N-dealkylation sites (N-methyl/N-ethyl adjacent to an activating group) is 1. The zero-order chi connectivity index (χ0) is 13.8. The standard InChI is InChI=1S/C12H22N6S/c1-4-9-8-18(6-5-17(9)2)11-7-10(16-13)14-12(15-11)19-3/h7,9H,4-6,8,13H2,1-3H3,(H,14,15,16). The molecule has 106 valence electrons. The molecule has 1 fully saturated rings. The lowest BCUT2D eigenvalue weighted by Crippen LogP contribution is -2.51. The van der Waals surface area contributed by atoms with Gasteiger partial charge in [-0.25, -0.2) is 15.8 Å². The molecule has 0 aromatic carbocycles. The van der Waals surface area contributed by atoms with Gasteiger partial charge in [0.2, 0.25) is 0 Å². The number of nitrogens with zero attached hydrogens (tertiary/aromatic N) is 4. The molecule has 7 heteroatoms. The fourth-order valence-corrected chi connectivity index (χ4v) is 2.71. The van der Waals surface area contributed by atoms with Crippen LogP contribution in [0.2, 0.25) is 0 Å². The Bertz CT molecular complexity index is 404. The molecule has 1 saturated heterocycles. The van der Waals surface area contributed by atoms with Gasteiger partial charge in [0.1, 0.15) is 11.6 Å². The maximum atomic E-state index is 5.47. The van der Waals surface area contributed by atoms with Crippen LogP contribution in [0.4, 0.5) is 11.6 Å². The van der Waals surface area contributed by atoms with Gasteiger partial charge in [-0.2, -0.15) is 0 Å². The third-order valence-corrected chi connectivity index (χ3v) is 4.14. The quantitative estimate of drug-likeness (QED) is 0.370. The maximum absolute atomic E-state index is 5.47. The van der Waals surface area contributed by atoms with Crippen LogP contribution in [0.15, 0.2) is 11.2 Å². The lowest BCUT2D eigenvalue weighted by atomic mass is 10.1. The summed E-state index contributed by atoms with van der Waals surface area (Å²) in [5.74, 6) is 7.10. The largest absolute Gasteiger partial charge is 0.354 e. The lowest BCUT2D eigenvalue weighted by Gasteiger charge is -2.39. The van der Waals surface area contributed by atoms with Crippen molar-refractivity contribution in [3.05, 3.63) is 6.07 Å². The van der Waals surface area contributed by atoms with E-state index in [-0.39, 0.29) is 0 Å². The van der Waals surface area contributed by atoms with Gasteiger partial charge in [0.15, 0.2) is 5.16 Å². The molecule has 1 aromatic heterocycles. The minimum Gasteiger partial charge on any atom is -0.354 e. The molecular formula is C12H22N6S. The molecule has 0 radical (unpaired) electrons. The predicted octanol–water partition coefficient (Wildman–Crippen LogP) is 1.01. The fraction of sp³-hybridized carbons (Fsp3) is 0.667. The fourth-order valence-electron chi connectivity index (χ4n) is 2.34. The van der Waals surface area contributed by atoms with Crippen molar-refractivity contribution in [1.29, 1.82) is 0 Å². The molecule has 0 amide bonds. The number of aromatic nitrogens is 2. The molecule has 3 N–H and O–H groups in total.